The molecule has 1 aromatic rings. The molecule has 0 N–H and O–H groups in total. The first-order chi connectivity index (χ1) is 10.3. The third-order valence-corrected chi connectivity index (χ3v) is 4.28. The minimum Gasteiger partial charge on any atom is -0.379 e. The standard InChI is InChI=1S/C17H24O4/c1-3-7-13-16-14(18-2)10-15(17(20-13)21-16)19-11-12-8-5-4-6-9-12/h4-6,8-9,13-17H,3,7,10-11H2,1-2H3/t13-,14+,15-,16-,17-/m1/s1. The fraction of sp³-hybridized carbons (Fsp3) is 0.647. The summed E-state index contributed by atoms with van der Waals surface area (Å²) in [5.41, 5.74) is 1.16. The van der Waals surface area contributed by atoms with Crippen molar-refractivity contribution < 1.29 is 18.9 Å². The second kappa shape index (κ2) is 6.88. The lowest BCUT2D eigenvalue weighted by Gasteiger charge is -2.33. The van der Waals surface area contributed by atoms with Crippen LogP contribution in [0.2, 0.25) is 0 Å². The molecule has 1 aromatic carbocycles. The zero-order chi connectivity index (χ0) is 14.7. The molecule has 21 heavy (non-hydrogen) atoms. The fourth-order valence-electron chi connectivity index (χ4n) is 3.17. The van der Waals surface area contributed by atoms with Crippen LogP contribution in [0.1, 0.15) is 31.7 Å². The summed E-state index contributed by atoms with van der Waals surface area (Å²) in [7, 11) is 1.74. The van der Waals surface area contributed by atoms with E-state index < -0.39 is 0 Å². The second-order valence-electron chi connectivity index (χ2n) is 5.78. The Balaban J connectivity index is 1.61. The number of hydrogen-bond acceptors (Lipinski definition) is 4. The van der Waals surface area contributed by atoms with E-state index in [-0.39, 0.29) is 30.7 Å². The Morgan fingerprint density at radius 2 is 1.95 bits per heavy atom. The van der Waals surface area contributed by atoms with Gasteiger partial charge in [-0.1, -0.05) is 43.7 Å². The van der Waals surface area contributed by atoms with Crippen molar-refractivity contribution in [3.63, 3.8) is 0 Å². The topological polar surface area (TPSA) is 36.9 Å². The van der Waals surface area contributed by atoms with E-state index in [1.165, 1.54) is 0 Å². The van der Waals surface area contributed by atoms with E-state index in [0.717, 1.165) is 24.8 Å². The number of rotatable bonds is 6. The third-order valence-electron chi connectivity index (χ3n) is 4.28. The summed E-state index contributed by atoms with van der Waals surface area (Å²) in [5.74, 6) is 0. The summed E-state index contributed by atoms with van der Waals surface area (Å²) < 4.78 is 23.6. The van der Waals surface area contributed by atoms with Crippen LogP contribution in [-0.2, 0) is 25.6 Å². The van der Waals surface area contributed by atoms with Crippen LogP contribution in [0.25, 0.3) is 0 Å². The summed E-state index contributed by atoms with van der Waals surface area (Å²) in [6.45, 7) is 2.74. The Morgan fingerprint density at radius 1 is 1.14 bits per heavy atom. The highest BCUT2D eigenvalue weighted by Gasteiger charge is 2.49. The van der Waals surface area contributed by atoms with Crippen LogP contribution in [0.5, 0.6) is 0 Å². The molecular formula is C17H24O4. The maximum absolute atomic E-state index is 6.03. The highest BCUT2D eigenvalue weighted by Crippen LogP contribution is 2.37. The van der Waals surface area contributed by atoms with Gasteiger partial charge in [0.1, 0.15) is 12.2 Å². The molecule has 2 bridgehead atoms. The third kappa shape index (κ3) is 3.29. The molecule has 0 amide bonds. The summed E-state index contributed by atoms with van der Waals surface area (Å²) in [6, 6.07) is 10.2. The van der Waals surface area contributed by atoms with E-state index in [2.05, 4.69) is 19.1 Å². The first kappa shape index (κ1) is 15.0. The van der Waals surface area contributed by atoms with Crippen LogP contribution < -0.4 is 0 Å². The Morgan fingerprint density at radius 3 is 2.67 bits per heavy atom. The largest absolute Gasteiger partial charge is 0.379 e. The van der Waals surface area contributed by atoms with Crippen LogP contribution in [0.15, 0.2) is 30.3 Å². The van der Waals surface area contributed by atoms with Gasteiger partial charge in [-0.25, -0.2) is 0 Å². The zero-order valence-electron chi connectivity index (χ0n) is 12.7. The van der Waals surface area contributed by atoms with Crippen LogP contribution in [-0.4, -0.2) is 37.8 Å². The van der Waals surface area contributed by atoms with Crippen molar-refractivity contribution in [3.8, 4) is 0 Å². The molecule has 2 saturated heterocycles. The van der Waals surface area contributed by atoms with Gasteiger partial charge in [-0.05, 0) is 12.0 Å². The van der Waals surface area contributed by atoms with Crippen molar-refractivity contribution in [1.29, 1.82) is 0 Å². The van der Waals surface area contributed by atoms with Gasteiger partial charge < -0.3 is 18.9 Å². The monoisotopic (exact) mass is 292 g/mol. The number of hydrogen-bond donors (Lipinski definition) is 0. The zero-order valence-corrected chi connectivity index (χ0v) is 12.7. The van der Waals surface area contributed by atoms with Crippen molar-refractivity contribution in [2.75, 3.05) is 7.11 Å². The smallest absolute Gasteiger partial charge is 0.184 e. The maximum Gasteiger partial charge on any atom is 0.184 e. The molecule has 0 saturated carbocycles. The van der Waals surface area contributed by atoms with E-state index in [0.29, 0.717) is 6.61 Å². The van der Waals surface area contributed by atoms with E-state index >= 15 is 0 Å². The molecule has 0 unspecified atom stereocenters. The SMILES string of the molecule is CCC[C@H]1O[C@@H]2O[C@H]1[C@@H](OC)C[C@H]2OCc1ccccc1. The molecular weight excluding hydrogens is 268 g/mol. The van der Waals surface area contributed by atoms with E-state index in [4.69, 9.17) is 18.9 Å². The van der Waals surface area contributed by atoms with E-state index in [1.54, 1.807) is 7.11 Å². The Hall–Kier alpha value is -0.940. The predicted molar refractivity (Wildman–Crippen MR) is 78.9 cm³/mol. The van der Waals surface area contributed by atoms with E-state index in [1.807, 2.05) is 18.2 Å². The lowest BCUT2D eigenvalue weighted by Crippen LogP contribution is -2.45. The van der Waals surface area contributed by atoms with Crippen LogP contribution in [0, 0.1) is 0 Å². The van der Waals surface area contributed by atoms with Gasteiger partial charge in [0.2, 0.25) is 0 Å². The van der Waals surface area contributed by atoms with Gasteiger partial charge >= 0.3 is 0 Å². The summed E-state index contributed by atoms with van der Waals surface area (Å²) in [6.07, 6.45) is 2.86. The molecule has 2 fully saturated rings. The van der Waals surface area contributed by atoms with Gasteiger partial charge in [0.05, 0.1) is 18.8 Å². The average Bonchev–Trinajstić information content (AvgIpc) is 2.87. The minimum atomic E-state index is -0.248. The number of benzene rings is 1. The summed E-state index contributed by atoms with van der Waals surface area (Å²) >= 11 is 0. The molecule has 0 aromatic heterocycles. The molecule has 4 nitrogen and oxygen atoms in total. The molecule has 5 atom stereocenters. The molecule has 0 spiro atoms. The Bertz CT molecular complexity index is 434. The fourth-order valence-corrected chi connectivity index (χ4v) is 3.17. The van der Waals surface area contributed by atoms with Gasteiger partial charge in [0.25, 0.3) is 0 Å². The average molecular weight is 292 g/mol. The second-order valence-corrected chi connectivity index (χ2v) is 5.78. The van der Waals surface area contributed by atoms with Crippen molar-refractivity contribution in [1.82, 2.24) is 0 Å². The number of ether oxygens (including phenoxy) is 4. The normalized spacial score (nSPS) is 35.0. The number of fused-ring (bicyclic) bond motifs is 2. The summed E-state index contributed by atoms with van der Waals surface area (Å²) in [4.78, 5) is 0. The summed E-state index contributed by atoms with van der Waals surface area (Å²) in [5, 5.41) is 0. The van der Waals surface area contributed by atoms with E-state index in [9.17, 15) is 0 Å². The maximum atomic E-state index is 6.03. The lowest BCUT2D eigenvalue weighted by molar-refractivity contribution is -0.206. The highest BCUT2D eigenvalue weighted by atomic mass is 16.8. The van der Waals surface area contributed by atoms with Crippen LogP contribution in [0.3, 0.4) is 0 Å². The highest BCUT2D eigenvalue weighted by molar-refractivity contribution is 5.13. The van der Waals surface area contributed by atoms with Crippen molar-refractivity contribution >= 4 is 0 Å². The predicted octanol–water partition coefficient (Wildman–Crippen LogP) is 2.90. The molecule has 3 rings (SSSR count). The Labute approximate surface area is 126 Å². The van der Waals surface area contributed by atoms with Gasteiger partial charge in [0.15, 0.2) is 6.29 Å². The lowest BCUT2D eigenvalue weighted by atomic mass is 9.98. The van der Waals surface area contributed by atoms with Crippen molar-refractivity contribution in [3.05, 3.63) is 35.9 Å². The number of methoxy groups -OCH3 is 1. The molecule has 4 heteroatoms. The van der Waals surface area contributed by atoms with Crippen molar-refractivity contribution in [2.24, 2.45) is 0 Å². The molecule has 0 radical (unpaired) electrons. The molecule has 116 valence electrons. The van der Waals surface area contributed by atoms with Gasteiger partial charge in [0, 0.05) is 13.5 Å². The van der Waals surface area contributed by atoms with Gasteiger partial charge in [-0.15, -0.1) is 0 Å². The van der Waals surface area contributed by atoms with Gasteiger partial charge in [-0.3, -0.25) is 0 Å². The molecule has 2 aliphatic rings. The Kier molecular flexibility index (Phi) is 4.91. The molecule has 0 aliphatic carbocycles. The first-order valence-corrected chi connectivity index (χ1v) is 7.81. The quantitative estimate of drug-likeness (QED) is 0.808. The molecule has 2 aliphatic heterocycles. The minimum absolute atomic E-state index is 0.0523. The van der Waals surface area contributed by atoms with Crippen LogP contribution >= 0.6 is 0 Å². The first-order valence-electron chi connectivity index (χ1n) is 7.81. The molecule has 2 heterocycles. The van der Waals surface area contributed by atoms with Gasteiger partial charge in [-0.2, -0.15) is 0 Å². The van der Waals surface area contributed by atoms with Crippen LogP contribution in [0.4, 0.5) is 0 Å². The van der Waals surface area contributed by atoms with Crippen molar-refractivity contribution in [2.45, 2.75) is 63.5 Å².